The number of carbonyl (C=O) groups excluding carboxylic acids is 2. The van der Waals surface area contributed by atoms with Crippen LogP contribution in [-0.4, -0.2) is 24.0 Å². The van der Waals surface area contributed by atoms with Gasteiger partial charge < -0.3 is 0 Å². The number of hydrogen-bond acceptors (Lipinski definition) is 4. The molecule has 0 radical (unpaired) electrons. The van der Waals surface area contributed by atoms with Crippen LogP contribution in [0.4, 0.5) is 11.4 Å². The zero-order chi connectivity index (χ0) is 20.8. The highest BCUT2D eigenvalue weighted by Crippen LogP contribution is 2.43. The Bertz CT molecular complexity index is 1110. The van der Waals surface area contributed by atoms with Gasteiger partial charge in [-0.15, -0.1) is 0 Å². The number of fused-ring (bicyclic) bond motifs is 2. The molecule has 5 heteroatoms. The van der Waals surface area contributed by atoms with Gasteiger partial charge >= 0.3 is 0 Å². The van der Waals surface area contributed by atoms with Crippen molar-refractivity contribution in [2.45, 2.75) is 32.4 Å². The van der Waals surface area contributed by atoms with Crippen molar-refractivity contribution in [1.29, 1.82) is 0 Å². The SMILES string of the molecule is CC(C)C[C@H]1[C@H]2C(=O)N(c3cccc4ccccc34)C(=O)[C@@H]2ON1c1ccccc1. The van der Waals surface area contributed by atoms with E-state index >= 15 is 0 Å². The second kappa shape index (κ2) is 7.26. The zero-order valence-corrected chi connectivity index (χ0v) is 17.1. The Labute approximate surface area is 175 Å². The number of rotatable bonds is 4. The molecule has 0 unspecified atom stereocenters. The standard InChI is InChI=1S/C25H24N2O3/c1-16(2)15-21-22-23(30-27(21)18-11-4-3-5-12-18)25(29)26(24(22)28)20-14-8-10-17-9-6-7-13-19(17)20/h3-14,16,21-23H,15H2,1-2H3/t21-,22+,23+/m0/s1. The molecule has 0 saturated carbocycles. The van der Waals surface area contributed by atoms with E-state index in [9.17, 15) is 9.59 Å². The van der Waals surface area contributed by atoms with Crippen molar-refractivity contribution in [1.82, 2.24) is 0 Å². The van der Waals surface area contributed by atoms with E-state index in [4.69, 9.17) is 4.84 Å². The highest BCUT2D eigenvalue weighted by Gasteiger charge is 2.59. The average molecular weight is 400 g/mol. The second-order valence-electron chi connectivity index (χ2n) is 8.42. The Morgan fingerprint density at radius 2 is 1.57 bits per heavy atom. The fourth-order valence-electron chi connectivity index (χ4n) is 4.68. The number of benzene rings is 3. The summed E-state index contributed by atoms with van der Waals surface area (Å²) >= 11 is 0. The summed E-state index contributed by atoms with van der Waals surface area (Å²) in [6, 6.07) is 23.0. The number of hydroxylamine groups is 1. The number of hydrogen-bond donors (Lipinski definition) is 0. The molecule has 0 spiro atoms. The predicted octanol–water partition coefficient (Wildman–Crippen LogP) is 4.56. The molecule has 2 fully saturated rings. The molecule has 2 aliphatic rings. The molecule has 0 aromatic heterocycles. The van der Waals surface area contributed by atoms with Crippen LogP contribution in [0, 0.1) is 11.8 Å². The number of anilines is 2. The molecule has 2 saturated heterocycles. The molecule has 3 atom stereocenters. The van der Waals surface area contributed by atoms with Gasteiger partial charge in [0.15, 0.2) is 6.10 Å². The van der Waals surface area contributed by atoms with Crippen LogP contribution in [-0.2, 0) is 14.4 Å². The highest BCUT2D eigenvalue weighted by molar-refractivity contribution is 6.26. The van der Waals surface area contributed by atoms with Crippen LogP contribution in [0.2, 0.25) is 0 Å². The molecule has 2 amide bonds. The Kier molecular flexibility index (Phi) is 4.55. The predicted molar refractivity (Wildman–Crippen MR) is 117 cm³/mol. The fourth-order valence-corrected chi connectivity index (χ4v) is 4.68. The summed E-state index contributed by atoms with van der Waals surface area (Å²) in [7, 11) is 0. The van der Waals surface area contributed by atoms with Crippen LogP contribution in [0.3, 0.4) is 0 Å². The van der Waals surface area contributed by atoms with Crippen LogP contribution in [0.15, 0.2) is 72.8 Å². The van der Waals surface area contributed by atoms with E-state index in [0.717, 1.165) is 22.9 Å². The van der Waals surface area contributed by atoms with E-state index in [2.05, 4.69) is 13.8 Å². The quantitative estimate of drug-likeness (QED) is 0.602. The van der Waals surface area contributed by atoms with Crippen molar-refractivity contribution < 1.29 is 14.4 Å². The van der Waals surface area contributed by atoms with Crippen molar-refractivity contribution in [2.75, 3.05) is 9.96 Å². The van der Waals surface area contributed by atoms with E-state index < -0.39 is 12.0 Å². The number of amides is 2. The molecule has 5 rings (SSSR count). The van der Waals surface area contributed by atoms with Gasteiger partial charge in [-0.25, -0.2) is 9.96 Å². The van der Waals surface area contributed by atoms with Crippen molar-refractivity contribution in [3.05, 3.63) is 72.8 Å². The van der Waals surface area contributed by atoms with Crippen LogP contribution in [0.5, 0.6) is 0 Å². The molecule has 5 nitrogen and oxygen atoms in total. The molecule has 30 heavy (non-hydrogen) atoms. The van der Waals surface area contributed by atoms with E-state index in [1.807, 2.05) is 72.8 Å². The molecule has 3 aromatic rings. The summed E-state index contributed by atoms with van der Waals surface area (Å²) in [4.78, 5) is 34.5. The first-order chi connectivity index (χ1) is 14.6. The molecular formula is C25H24N2O3. The van der Waals surface area contributed by atoms with Gasteiger partial charge in [-0.05, 0) is 35.9 Å². The molecule has 0 aliphatic carbocycles. The van der Waals surface area contributed by atoms with Gasteiger partial charge in [-0.1, -0.05) is 68.4 Å². The molecule has 2 aliphatic heterocycles. The number of para-hydroxylation sites is 1. The highest BCUT2D eigenvalue weighted by atomic mass is 16.7. The average Bonchev–Trinajstić information content (AvgIpc) is 3.24. The molecule has 2 heterocycles. The van der Waals surface area contributed by atoms with Gasteiger partial charge in [0.25, 0.3) is 5.91 Å². The molecular weight excluding hydrogens is 376 g/mol. The minimum Gasteiger partial charge on any atom is -0.273 e. The lowest BCUT2D eigenvalue weighted by molar-refractivity contribution is -0.126. The lowest BCUT2D eigenvalue weighted by Crippen LogP contribution is -2.41. The summed E-state index contributed by atoms with van der Waals surface area (Å²) in [6.07, 6.45) is -0.0289. The zero-order valence-electron chi connectivity index (χ0n) is 17.1. The first kappa shape index (κ1) is 18.8. The largest absolute Gasteiger partial charge is 0.273 e. The first-order valence-electron chi connectivity index (χ1n) is 10.4. The van der Waals surface area contributed by atoms with E-state index in [1.165, 1.54) is 4.90 Å². The van der Waals surface area contributed by atoms with Gasteiger partial charge in [-0.2, -0.15) is 0 Å². The van der Waals surface area contributed by atoms with Crippen molar-refractivity contribution >= 4 is 34.0 Å². The van der Waals surface area contributed by atoms with E-state index in [-0.39, 0.29) is 17.9 Å². The van der Waals surface area contributed by atoms with Crippen molar-refractivity contribution in [3.63, 3.8) is 0 Å². The summed E-state index contributed by atoms with van der Waals surface area (Å²) in [5.41, 5.74) is 1.51. The lowest BCUT2D eigenvalue weighted by Gasteiger charge is -2.29. The number of carbonyl (C=O) groups is 2. The van der Waals surface area contributed by atoms with Crippen LogP contribution in [0.25, 0.3) is 10.8 Å². The maximum absolute atomic E-state index is 13.6. The monoisotopic (exact) mass is 400 g/mol. The number of imide groups is 1. The van der Waals surface area contributed by atoms with Gasteiger partial charge in [-0.3, -0.25) is 14.4 Å². The Balaban J connectivity index is 1.55. The molecule has 152 valence electrons. The van der Waals surface area contributed by atoms with Gasteiger partial charge in [0.1, 0.15) is 0 Å². The normalized spacial score (nSPS) is 23.6. The summed E-state index contributed by atoms with van der Waals surface area (Å²) < 4.78 is 0. The summed E-state index contributed by atoms with van der Waals surface area (Å²) in [6.45, 7) is 4.25. The van der Waals surface area contributed by atoms with Gasteiger partial charge in [0.05, 0.1) is 23.3 Å². The van der Waals surface area contributed by atoms with Crippen LogP contribution in [0.1, 0.15) is 20.3 Å². The minimum atomic E-state index is -0.791. The summed E-state index contributed by atoms with van der Waals surface area (Å²) in [5, 5.41) is 3.67. The fraction of sp³-hybridized carbons (Fsp3) is 0.280. The second-order valence-corrected chi connectivity index (χ2v) is 8.42. The van der Waals surface area contributed by atoms with E-state index in [1.54, 1.807) is 5.06 Å². The van der Waals surface area contributed by atoms with Gasteiger partial charge in [0.2, 0.25) is 5.91 Å². The van der Waals surface area contributed by atoms with Crippen molar-refractivity contribution in [2.24, 2.45) is 11.8 Å². The van der Waals surface area contributed by atoms with E-state index in [0.29, 0.717) is 11.6 Å². The maximum Gasteiger partial charge on any atom is 0.266 e. The smallest absolute Gasteiger partial charge is 0.266 e. The Hall–Kier alpha value is -3.18. The first-order valence-corrected chi connectivity index (χ1v) is 10.4. The molecule has 3 aromatic carbocycles. The topological polar surface area (TPSA) is 49.9 Å². The number of nitrogens with zero attached hydrogens (tertiary/aromatic N) is 2. The Morgan fingerprint density at radius 1 is 0.867 bits per heavy atom. The maximum atomic E-state index is 13.6. The van der Waals surface area contributed by atoms with Crippen LogP contribution < -0.4 is 9.96 Å². The summed E-state index contributed by atoms with van der Waals surface area (Å²) in [5.74, 6) is -0.615. The molecule has 0 bridgehead atoms. The molecule has 0 N–H and O–H groups in total. The third kappa shape index (κ3) is 2.89. The lowest BCUT2D eigenvalue weighted by atomic mass is 9.90. The van der Waals surface area contributed by atoms with Crippen LogP contribution >= 0.6 is 0 Å². The Morgan fingerprint density at radius 3 is 2.33 bits per heavy atom. The van der Waals surface area contributed by atoms with Crippen molar-refractivity contribution in [3.8, 4) is 0 Å². The van der Waals surface area contributed by atoms with Gasteiger partial charge in [0, 0.05) is 5.39 Å². The third-order valence-corrected chi connectivity index (χ3v) is 5.97. The minimum absolute atomic E-state index is 0.176. The third-order valence-electron chi connectivity index (χ3n) is 5.97.